The van der Waals surface area contributed by atoms with Crippen molar-refractivity contribution in [3.05, 3.63) is 18.0 Å². The molecule has 86 valence electrons. The van der Waals surface area contributed by atoms with Crippen LogP contribution in [0.5, 0.6) is 0 Å². The van der Waals surface area contributed by atoms with Gasteiger partial charge in [-0.3, -0.25) is 4.68 Å². The van der Waals surface area contributed by atoms with Gasteiger partial charge in [-0.1, -0.05) is 6.92 Å². The minimum atomic E-state index is 0.223. The first kappa shape index (κ1) is 12.2. The minimum Gasteiger partial charge on any atom is -0.396 e. The first-order valence-electron chi connectivity index (χ1n) is 5.54. The van der Waals surface area contributed by atoms with Gasteiger partial charge in [-0.15, -0.1) is 0 Å². The summed E-state index contributed by atoms with van der Waals surface area (Å²) in [5, 5.41) is 16.6. The summed E-state index contributed by atoms with van der Waals surface area (Å²) in [7, 11) is 0. The van der Waals surface area contributed by atoms with Crippen LogP contribution in [0.15, 0.2) is 12.3 Å². The Morgan fingerprint density at radius 1 is 1.53 bits per heavy atom. The van der Waals surface area contributed by atoms with Gasteiger partial charge in [-0.2, -0.15) is 5.10 Å². The molecule has 2 unspecified atom stereocenters. The van der Waals surface area contributed by atoms with Crippen molar-refractivity contribution in [2.24, 2.45) is 5.92 Å². The summed E-state index contributed by atoms with van der Waals surface area (Å²) in [6.45, 7) is 8.13. The Morgan fingerprint density at radius 2 is 2.27 bits per heavy atom. The van der Waals surface area contributed by atoms with Crippen molar-refractivity contribution in [3.8, 4) is 0 Å². The van der Waals surface area contributed by atoms with Crippen molar-refractivity contribution in [1.29, 1.82) is 0 Å². The van der Waals surface area contributed by atoms with Gasteiger partial charge in [-0.25, -0.2) is 0 Å². The molecule has 2 atom stereocenters. The van der Waals surface area contributed by atoms with Crippen LogP contribution in [0.25, 0.3) is 0 Å². The summed E-state index contributed by atoms with van der Waals surface area (Å²) in [6.07, 6.45) is 1.82. The molecule has 4 nitrogen and oxygen atoms in total. The molecule has 0 aliphatic heterocycles. The molecule has 0 aromatic carbocycles. The fourth-order valence-electron chi connectivity index (χ4n) is 1.42. The predicted molar refractivity (Wildman–Crippen MR) is 60.5 cm³/mol. The fraction of sp³-hybridized carbons (Fsp3) is 0.727. The lowest BCUT2D eigenvalue weighted by atomic mass is 10.1. The largest absolute Gasteiger partial charge is 0.396 e. The van der Waals surface area contributed by atoms with Crippen molar-refractivity contribution >= 4 is 0 Å². The van der Waals surface area contributed by atoms with Crippen molar-refractivity contribution in [1.82, 2.24) is 15.1 Å². The Labute approximate surface area is 91.3 Å². The summed E-state index contributed by atoms with van der Waals surface area (Å²) >= 11 is 0. The number of rotatable bonds is 6. The molecule has 0 spiro atoms. The Kier molecular flexibility index (Phi) is 4.78. The zero-order valence-electron chi connectivity index (χ0n) is 9.77. The molecule has 2 N–H and O–H groups in total. The maximum Gasteiger partial charge on any atom is 0.0522 e. The SMILES string of the molecule is CCn1nccc1CNC(C)C(C)CO. The molecule has 0 aliphatic carbocycles. The summed E-state index contributed by atoms with van der Waals surface area (Å²) in [5.41, 5.74) is 1.19. The van der Waals surface area contributed by atoms with Crippen LogP contribution in [0, 0.1) is 5.92 Å². The number of aliphatic hydroxyl groups excluding tert-OH is 1. The number of aliphatic hydroxyl groups is 1. The highest BCUT2D eigenvalue weighted by molar-refractivity contribution is 5.00. The summed E-state index contributed by atoms with van der Waals surface area (Å²) in [4.78, 5) is 0. The van der Waals surface area contributed by atoms with E-state index in [2.05, 4.69) is 24.3 Å². The van der Waals surface area contributed by atoms with Crippen LogP contribution in [0.1, 0.15) is 26.5 Å². The highest BCUT2D eigenvalue weighted by Gasteiger charge is 2.10. The number of aromatic nitrogens is 2. The zero-order chi connectivity index (χ0) is 11.3. The topological polar surface area (TPSA) is 50.1 Å². The quantitative estimate of drug-likeness (QED) is 0.738. The molecule has 0 aliphatic rings. The highest BCUT2D eigenvalue weighted by Crippen LogP contribution is 2.03. The van der Waals surface area contributed by atoms with Crippen LogP contribution in [-0.2, 0) is 13.1 Å². The molecule has 15 heavy (non-hydrogen) atoms. The van der Waals surface area contributed by atoms with Gasteiger partial charge < -0.3 is 10.4 Å². The lowest BCUT2D eigenvalue weighted by Gasteiger charge is -2.19. The third kappa shape index (κ3) is 3.32. The van der Waals surface area contributed by atoms with E-state index >= 15 is 0 Å². The van der Waals surface area contributed by atoms with Gasteiger partial charge in [0.2, 0.25) is 0 Å². The van der Waals surface area contributed by atoms with E-state index in [1.165, 1.54) is 5.69 Å². The Hall–Kier alpha value is -0.870. The van der Waals surface area contributed by atoms with Gasteiger partial charge in [0.15, 0.2) is 0 Å². The smallest absolute Gasteiger partial charge is 0.0522 e. The standard InChI is InChI=1S/C11H21N3O/c1-4-14-11(5-6-13-14)7-12-10(3)9(2)8-15/h5-6,9-10,12,15H,4,7-8H2,1-3H3. The van der Waals surface area contributed by atoms with Crippen molar-refractivity contribution < 1.29 is 5.11 Å². The van der Waals surface area contributed by atoms with Crippen LogP contribution in [-0.4, -0.2) is 27.5 Å². The van der Waals surface area contributed by atoms with E-state index in [1.54, 1.807) is 0 Å². The van der Waals surface area contributed by atoms with Crippen molar-refractivity contribution in [2.45, 2.75) is 39.9 Å². The first-order valence-corrected chi connectivity index (χ1v) is 5.54. The molecular formula is C11H21N3O. The van der Waals surface area contributed by atoms with E-state index < -0.39 is 0 Å². The van der Waals surface area contributed by atoms with E-state index in [1.807, 2.05) is 23.9 Å². The molecule has 0 fully saturated rings. The van der Waals surface area contributed by atoms with E-state index in [0.29, 0.717) is 6.04 Å². The lowest BCUT2D eigenvalue weighted by molar-refractivity contribution is 0.206. The summed E-state index contributed by atoms with van der Waals surface area (Å²) in [5.74, 6) is 0.281. The Balaban J connectivity index is 2.43. The third-order valence-electron chi connectivity index (χ3n) is 2.85. The number of aryl methyl sites for hydroxylation is 1. The third-order valence-corrected chi connectivity index (χ3v) is 2.85. The molecule has 1 heterocycles. The Morgan fingerprint density at radius 3 is 2.87 bits per heavy atom. The van der Waals surface area contributed by atoms with Crippen LogP contribution in [0.3, 0.4) is 0 Å². The monoisotopic (exact) mass is 211 g/mol. The van der Waals surface area contributed by atoms with Gasteiger partial charge in [0.05, 0.1) is 5.69 Å². The minimum absolute atomic E-state index is 0.223. The lowest BCUT2D eigenvalue weighted by Crippen LogP contribution is -2.34. The normalized spacial score (nSPS) is 15.2. The predicted octanol–water partition coefficient (Wildman–Crippen LogP) is 1.01. The van der Waals surface area contributed by atoms with E-state index in [9.17, 15) is 0 Å². The molecule has 1 rings (SSSR count). The second-order valence-electron chi connectivity index (χ2n) is 3.97. The maximum atomic E-state index is 9.01. The molecule has 1 aromatic heterocycles. The summed E-state index contributed by atoms with van der Waals surface area (Å²) < 4.78 is 1.98. The van der Waals surface area contributed by atoms with Crippen LogP contribution >= 0.6 is 0 Å². The van der Waals surface area contributed by atoms with E-state index in [4.69, 9.17) is 5.11 Å². The second-order valence-corrected chi connectivity index (χ2v) is 3.97. The van der Waals surface area contributed by atoms with Crippen molar-refractivity contribution in [3.63, 3.8) is 0 Å². The first-order chi connectivity index (χ1) is 7.19. The van der Waals surface area contributed by atoms with Gasteiger partial charge in [0.25, 0.3) is 0 Å². The maximum absolute atomic E-state index is 9.01. The average Bonchev–Trinajstić information content (AvgIpc) is 2.71. The van der Waals surface area contributed by atoms with Crippen LogP contribution in [0.4, 0.5) is 0 Å². The molecule has 0 amide bonds. The molecule has 1 aromatic rings. The summed E-state index contributed by atoms with van der Waals surface area (Å²) in [6, 6.07) is 2.34. The molecule has 0 saturated carbocycles. The fourth-order valence-corrected chi connectivity index (χ4v) is 1.42. The van der Waals surface area contributed by atoms with Crippen LogP contribution in [0.2, 0.25) is 0 Å². The number of hydrogen-bond donors (Lipinski definition) is 2. The average molecular weight is 211 g/mol. The Bertz CT molecular complexity index is 285. The van der Waals surface area contributed by atoms with Crippen molar-refractivity contribution in [2.75, 3.05) is 6.61 Å². The molecule has 4 heteroatoms. The molecule has 0 saturated heterocycles. The zero-order valence-corrected chi connectivity index (χ0v) is 9.77. The number of nitrogens with zero attached hydrogens (tertiary/aromatic N) is 2. The highest BCUT2D eigenvalue weighted by atomic mass is 16.3. The second kappa shape index (κ2) is 5.88. The van der Waals surface area contributed by atoms with Crippen LogP contribution < -0.4 is 5.32 Å². The van der Waals surface area contributed by atoms with Gasteiger partial charge >= 0.3 is 0 Å². The molecular weight excluding hydrogens is 190 g/mol. The van der Waals surface area contributed by atoms with E-state index in [0.717, 1.165) is 13.1 Å². The van der Waals surface area contributed by atoms with Gasteiger partial charge in [-0.05, 0) is 25.8 Å². The van der Waals surface area contributed by atoms with E-state index in [-0.39, 0.29) is 12.5 Å². The number of hydrogen-bond acceptors (Lipinski definition) is 3. The number of nitrogens with one attached hydrogen (secondary N) is 1. The van der Waals surface area contributed by atoms with Gasteiger partial charge in [0, 0.05) is 31.9 Å². The molecule has 0 bridgehead atoms. The molecule has 0 radical (unpaired) electrons. The van der Waals surface area contributed by atoms with Gasteiger partial charge in [0.1, 0.15) is 0 Å².